The number of carbonyl (C=O) groups excluding carboxylic acids is 1. The normalized spacial score (nSPS) is 10.2. The molecule has 7 nitrogen and oxygen atoms in total. The van der Waals surface area contributed by atoms with Crippen molar-refractivity contribution in [2.45, 2.75) is 0 Å². The van der Waals surface area contributed by atoms with E-state index in [1.807, 2.05) is 0 Å². The number of aromatic amines is 1. The summed E-state index contributed by atoms with van der Waals surface area (Å²) in [4.78, 5) is 11.3. The first-order valence-corrected chi connectivity index (χ1v) is 6.70. The fraction of sp³-hybridized carbons (Fsp3) is 0.154. The lowest BCUT2D eigenvalue weighted by Crippen LogP contribution is -2.12. The minimum Gasteiger partial charge on any atom is -0.493 e. The highest BCUT2D eigenvalue weighted by molar-refractivity contribution is 9.10. The van der Waals surface area contributed by atoms with Gasteiger partial charge in [0, 0.05) is 10.0 Å². The number of aromatic nitrogens is 3. The fourth-order valence-electron chi connectivity index (χ4n) is 1.73. The van der Waals surface area contributed by atoms with Crippen molar-refractivity contribution in [1.82, 2.24) is 15.4 Å². The first-order valence-electron chi connectivity index (χ1n) is 5.90. The highest BCUT2D eigenvalue weighted by Gasteiger charge is 2.20. The van der Waals surface area contributed by atoms with Crippen LogP contribution in [0.1, 0.15) is 10.5 Å². The molecule has 1 amide bonds. The van der Waals surface area contributed by atoms with E-state index in [2.05, 4.69) is 37.9 Å². The van der Waals surface area contributed by atoms with Crippen LogP contribution >= 0.6 is 15.9 Å². The molecule has 0 aliphatic carbocycles. The van der Waals surface area contributed by atoms with Gasteiger partial charge in [-0.15, -0.1) is 0 Å². The molecular weight excluding hydrogens is 340 g/mol. The maximum atomic E-state index is 11.3. The van der Waals surface area contributed by atoms with Crippen LogP contribution in [0.5, 0.6) is 11.5 Å². The number of benzene rings is 1. The second-order valence-corrected chi connectivity index (χ2v) is 4.82. The summed E-state index contributed by atoms with van der Waals surface area (Å²) in [6.07, 6.45) is 1.63. The average Bonchev–Trinajstić information content (AvgIpc) is 2.94. The SMILES string of the molecule is C=CCOc1cc(Br)c(-c2n[nH]nc2C(N)=O)cc1OC. The number of hydrogen-bond acceptors (Lipinski definition) is 5. The van der Waals surface area contributed by atoms with Gasteiger partial charge in [0.2, 0.25) is 0 Å². The van der Waals surface area contributed by atoms with E-state index in [9.17, 15) is 4.79 Å². The number of halogens is 1. The van der Waals surface area contributed by atoms with Gasteiger partial charge in [-0.25, -0.2) is 0 Å². The quantitative estimate of drug-likeness (QED) is 0.772. The number of nitrogens with zero attached hydrogens (tertiary/aromatic N) is 2. The summed E-state index contributed by atoms with van der Waals surface area (Å²) in [7, 11) is 1.52. The second kappa shape index (κ2) is 6.40. The third-order valence-corrected chi connectivity index (χ3v) is 3.30. The zero-order valence-electron chi connectivity index (χ0n) is 11.2. The summed E-state index contributed by atoms with van der Waals surface area (Å²) in [6.45, 7) is 3.94. The number of hydrogen-bond donors (Lipinski definition) is 2. The zero-order chi connectivity index (χ0) is 15.4. The van der Waals surface area contributed by atoms with Crippen LogP contribution in [0, 0.1) is 0 Å². The Balaban J connectivity index is 2.52. The third-order valence-electron chi connectivity index (χ3n) is 2.65. The van der Waals surface area contributed by atoms with Crippen LogP contribution in [-0.2, 0) is 0 Å². The van der Waals surface area contributed by atoms with Gasteiger partial charge in [0.05, 0.1) is 7.11 Å². The molecule has 3 N–H and O–H groups in total. The van der Waals surface area contributed by atoms with Crippen molar-refractivity contribution in [1.29, 1.82) is 0 Å². The van der Waals surface area contributed by atoms with E-state index in [4.69, 9.17) is 15.2 Å². The van der Waals surface area contributed by atoms with Crippen LogP contribution in [0.3, 0.4) is 0 Å². The van der Waals surface area contributed by atoms with Crippen molar-refractivity contribution in [3.8, 4) is 22.8 Å². The molecule has 2 aromatic rings. The molecule has 0 atom stereocenters. The number of rotatable bonds is 6. The Morgan fingerprint density at radius 3 is 2.86 bits per heavy atom. The topological polar surface area (TPSA) is 103 Å². The minimum absolute atomic E-state index is 0.0533. The van der Waals surface area contributed by atoms with Crippen molar-refractivity contribution in [2.75, 3.05) is 13.7 Å². The van der Waals surface area contributed by atoms with Gasteiger partial charge in [0.1, 0.15) is 12.3 Å². The molecule has 21 heavy (non-hydrogen) atoms. The molecule has 110 valence electrons. The van der Waals surface area contributed by atoms with Crippen molar-refractivity contribution >= 4 is 21.8 Å². The third kappa shape index (κ3) is 3.05. The molecule has 1 aromatic heterocycles. The monoisotopic (exact) mass is 352 g/mol. The fourth-order valence-corrected chi connectivity index (χ4v) is 2.24. The summed E-state index contributed by atoms with van der Waals surface area (Å²) < 4.78 is 11.4. The molecule has 0 saturated carbocycles. The van der Waals surface area contributed by atoms with E-state index in [1.54, 1.807) is 18.2 Å². The summed E-state index contributed by atoms with van der Waals surface area (Å²) in [5, 5.41) is 10.1. The summed E-state index contributed by atoms with van der Waals surface area (Å²) >= 11 is 3.41. The maximum Gasteiger partial charge on any atom is 0.271 e. The number of methoxy groups -OCH3 is 1. The Kier molecular flexibility index (Phi) is 4.59. The molecule has 0 fully saturated rings. The summed E-state index contributed by atoms with van der Waals surface area (Å²) in [5.74, 6) is 0.363. The number of amides is 1. The Morgan fingerprint density at radius 2 is 2.24 bits per heavy atom. The van der Waals surface area contributed by atoms with Crippen LogP contribution in [0.4, 0.5) is 0 Å². The van der Waals surface area contributed by atoms with Crippen molar-refractivity contribution in [3.05, 3.63) is 35.0 Å². The molecule has 1 heterocycles. The zero-order valence-corrected chi connectivity index (χ0v) is 12.8. The lowest BCUT2D eigenvalue weighted by Gasteiger charge is -2.12. The Hall–Kier alpha value is -2.35. The van der Waals surface area contributed by atoms with Gasteiger partial charge in [0.15, 0.2) is 17.2 Å². The van der Waals surface area contributed by atoms with Crippen LogP contribution < -0.4 is 15.2 Å². The largest absolute Gasteiger partial charge is 0.493 e. The predicted octanol–water partition coefficient (Wildman–Crippen LogP) is 1.91. The number of nitrogens with one attached hydrogen (secondary N) is 1. The summed E-state index contributed by atoms with van der Waals surface area (Å²) in [6, 6.07) is 3.41. The number of ether oxygens (including phenoxy) is 2. The van der Waals surface area contributed by atoms with E-state index in [0.29, 0.717) is 33.8 Å². The minimum atomic E-state index is -0.670. The Morgan fingerprint density at radius 1 is 1.48 bits per heavy atom. The molecule has 0 aliphatic heterocycles. The van der Waals surface area contributed by atoms with Gasteiger partial charge >= 0.3 is 0 Å². The predicted molar refractivity (Wildman–Crippen MR) is 80.3 cm³/mol. The number of carbonyl (C=O) groups is 1. The van der Waals surface area contributed by atoms with Crippen molar-refractivity contribution in [2.24, 2.45) is 5.73 Å². The Bertz CT molecular complexity index is 684. The molecule has 0 unspecified atom stereocenters. The lowest BCUT2D eigenvalue weighted by molar-refractivity contribution is 0.0996. The average molecular weight is 353 g/mol. The highest BCUT2D eigenvalue weighted by Crippen LogP contribution is 2.38. The van der Waals surface area contributed by atoms with Gasteiger partial charge < -0.3 is 15.2 Å². The van der Waals surface area contributed by atoms with E-state index in [1.165, 1.54) is 7.11 Å². The summed E-state index contributed by atoms with van der Waals surface area (Å²) in [5.41, 5.74) is 6.27. The number of nitrogens with two attached hydrogens (primary N) is 1. The number of primary amides is 1. The van der Waals surface area contributed by atoms with Crippen LogP contribution in [0.15, 0.2) is 29.3 Å². The second-order valence-electron chi connectivity index (χ2n) is 3.97. The van der Waals surface area contributed by atoms with Crippen molar-refractivity contribution < 1.29 is 14.3 Å². The van der Waals surface area contributed by atoms with E-state index in [-0.39, 0.29) is 5.69 Å². The standard InChI is InChI=1S/C13H13BrN4O3/c1-3-4-21-10-6-8(14)7(5-9(10)20-2)11-12(13(15)19)17-18-16-11/h3,5-6H,1,4H2,2H3,(H2,15,19)(H,16,17,18). The van der Waals surface area contributed by atoms with Gasteiger partial charge in [0.25, 0.3) is 5.91 Å². The van der Waals surface area contributed by atoms with Gasteiger partial charge in [-0.05, 0) is 28.1 Å². The van der Waals surface area contributed by atoms with Gasteiger partial charge in [-0.3, -0.25) is 4.79 Å². The van der Waals surface area contributed by atoms with E-state index >= 15 is 0 Å². The van der Waals surface area contributed by atoms with Crippen LogP contribution in [0.2, 0.25) is 0 Å². The molecule has 0 radical (unpaired) electrons. The van der Waals surface area contributed by atoms with Crippen LogP contribution in [0.25, 0.3) is 11.3 Å². The molecule has 0 spiro atoms. The first kappa shape index (κ1) is 15.0. The molecule has 0 aliphatic rings. The van der Waals surface area contributed by atoms with Crippen molar-refractivity contribution in [3.63, 3.8) is 0 Å². The Labute approximate surface area is 129 Å². The molecular formula is C13H13BrN4O3. The molecule has 0 saturated heterocycles. The first-order chi connectivity index (χ1) is 10.1. The maximum absolute atomic E-state index is 11.3. The van der Waals surface area contributed by atoms with Crippen LogP contribution in [-0.4, -0.2) is 35.0 Å². The van der Waals surface area contributed by atoms with Gasteiger partial charge in [-0.1, -0.05) is 12.7 Å². The molecule has 8 heteroatoms. The highest BCUT2D eigenvalue weighted by atomic mass is 79.9. The lowest BCUT2D eigenvalue weighted by atomic mass is 10.1. The van der Waals surface area contributed by atoms with E-state index in [0.717, 1.165) is 0 Å². The van der Waals surface area contributed by atoms with Gasteiger partial charge in [-0.2, -0.15) is 15.4 Å². The molecule has 0 bridgehead atoms. The number of H-pyrrole nitrogens is 1. The molecule has 1 aromatic carbocycles. The molecule has 2 rings (SSSR count). The smallest absolute Gasteiger partial charge is 0.271 e. The van der Waals surface area contributed by atoms with E-state index < -0.39 is 5.91 Å².